The third kappa shape index (κ3) is 3.29. The van der Waals surface area contributed by atoms with Gasteiger partial charge in [0, 0.05) is 29.1 Å². The van der Waals surface area contributed by atoms with Crippen LogP contribution in [-0.4, -0.2) is 28.4 Å². The number of carbonyl (C=O) groups excluding carboxylic acids is 1. The number of thioether (sulfide) groups is 1. The van der Waals surface area contributed by atoms with E-state index in [4.69, 9.17) is 20.7 Å². The molecule has 0 saturated carbocycles. The fraction of sp³-hybridized carbons (Fsp3) is 0.300. The van der Waals surface area contributed by atoms with Gasteiger partial charge < -0.3 is 15.8 Å². The molecule has 0 radical (unpaired) electrons. The lowest BCUT2D eigenvalue weighted by Crippen LogP contribution is -2.37. The Morgan fingerprint density at radius 3 is 3.04 bits per heavy atom. The molecule has 2 aromatic rings. The summed E-state index contributed by atoms with van der Waals surface area (Å²) in [5, 5.41) is 12.3. The SMILES string of the molecule is CC12N=C(N)SCC1CCOc1ccc(NC(=O)c3ccc(C#N)cn3)cc12. The van der Waals surface area contributed by atoms with Gasteiger partial charge in [-0.25, -0.2) is 4.98 Å². The van der Waals surface area contributed by atoms with E-state index in [1.54, 1.807) is 23.9 Å². The minimum Gasteiger partial charge on any atom is -0.493 e. The van der Waals surface area contributed by atoms with Crippen molar-refractivity contribution in [1.82, 2.24) is 4.98 Å². The Labute approximate surface area is 167 Å². The molecule has 2 aliphatic rings. The summed E-state index contributed by atoms with van der Waals surface area (Å²) in [6.07, 6.45) is 2.27. The quantitative estimate of drug-likeness (QED) is 0.811. The van der Waals surface area contributed by atoms with Crippen molar-refractivity contribution < 1.29 is 9.53 Å². The third-order valence-corrected chi connectivity index (χ3v) is 6.16. The molecular weight excluding hydrogens is 374 g/mol. The lowest BCUT2D eigenvalue weighted by atomic mass is 9.79. The van der Waals surface area contributed by atoms with Crippen molar-refractivity contribution in [2.45, 2.75) is 18.9 Å². The van der Waals surface area contributed by atoms with E-state index < -0.39 is 5.54 Å². The highest BCUT2D eigenvalue weighted by molar-refractivity contribution is 8.13. The van der Waals surface area contributed by atoms with Crippen molar-refractivity contribution >= 4 is 28.5 Å². The molecule has 2 unspecified atom stereocenters. The van der Waals surface area contributed by atoms with E-state index in [1.807, 2.05) is 18.2 Å². The fourth-order valence-electron chi connectivity index (χ4n) is 3.57. The summed E-state index contributed by atoms with van der Waals surface area (Å²) in [4.78, 5) is 21.3. The first-order valence-corrected chi connectivity index (χ1v) is 9.91. The molecule has 0 aliphatic carbocycles. The fourth-order valence-corrected chi connectivity index (χ4v) is 4.69. The largest absolute Gasteiger partial charge is 0.493 e. The second-order valence-corrected chi connectivity index (χ2v) is 7.99. The predicted octanol–water partition coefficient (Wildman–Crippen LogP) is 2.88. The highest BCUT2D eigenvalue weighted by atomic mass is 32.2. The van der Waals surface area contributed by atoms with Crippen LogP contribution in [0, 0.1) is 17.2 Å². The van der Waals surface area contributed by atoms with Crippen molar-refractivity contribution in [3.05, 3.63) is 53.3 Å². The van der Waals surface area contributed by atoms with E-state index in [0.717, 1.165) is 23.5 Å². The zero-order valence-electron chi connectivity index (χ0n) is 15.3. The number of anilines is 1. The van der Waals surface area contributed by atoms with Crippen molar-refractivity contribution in [3.8, 4) is 11.8 Å². The zero-order valence-corrected chi connectivity index (χ0v) is 16.1. The molecule has 1 amide bonds. The Kier molecular flexibility index (Phi) is 4.69. The van der Waals surface area contributed by atoms with Crippen LogP contribution in [0.25, 0.3) is 0 Å². The molecular formula is C20H19N5O2S. The number of amides is 1. The van der Waals surface area contributed by atoms with E-state index in [0.29, 0.717) is 28.9 Å². The van der Waals surface area contributed by atoms with Crippen molar-refractivity contribution in [3.63, 3.8) is 0 Å². The van der Waals surface area contributed by atoms with Gasteiger partial charge in [0.25, 0.3) is 5.91 Å². The number of aliphatic imine (C=N–C) groups is 1. The van der Waals surface area contributed by atoms with E-state index in [-0.39, 0.29) is 11.6 Å². The van der Waals surface area contributed by atoms with E-state index in [2.05, 4.69) is 17.2 Å². The highest BCUT2D eigenvalue weighted by Crippen LogP contribution is 2.47. The molecule has 4 rings (SSSR count). The molecule has 7 nitrogen and oxygen atoms in total. The Morgan fingerprint density at radius 1 is 1.43 bits per heavy atom. The van der Waals surface area contributed by atoms with Gasteiger partial charge in [-0.3, -0.25) is 9.79 Å². The summed E-state index contributed by atoms with van der Waals surface area (Å²) in [7, 11) is 0. The van der Waals surface area contributed by atoms with Gasteiger partial charge in [0.1, 0.15) is 17.5 Å². The third-order valence-electron chi connectivity index (χ3n) is 5.20. The molecule has 8 heteroatoms. The van der Waals surface area contributed by atoms with Crippen LogP contribution in [0.15, 0.2) is 41.5 Å². The number of ether oxygens (including phenoxy) is 1. The van der Waals surface area contributed by atoms with Gasteiger partial charge in [0.05, 0.1) is 17.7 Å². The monoisotopic (exact) mass is 393 g/mol. The van der Waals surface area contributed by atoms with Crippen LogP contribution in [0.3, 0.4) is 0 Å². The molecule has 28 heavy (non-hydrogen) atoms. The summed E-state index contributed by atoms with van der Waals surface area (Å²) >= 11 is 1.57. The number of hydrogen-bond donors (Lipinski definition) is 2. The minimum absolute atomic E-state index is 0.241. The molecule has 2 aliphatic heterocycles. The van der Waals surface area contributed by atoms with Crippen molar-refractivity contribution in [2.75, 3.05) is 17.7 Å². The molecule has 0 bridgehead atoms. The summed E-state index contributed by atoms with van der Waals surface area (Å²) < 4.78 is 5.94. The van der Waals surface area contributed by atoms with Gasteiger partial charge in [0.15, 0.2) is 5.17 Å². The number of amidine groups is 1. The van der Waals surface area contributed by atoms with Crippen LogP contribution in [0.1, 0.15) is 35.0 Å². The first-order valence-electron chi connectivity index (χ1n) is 8.92. The average molecular weight is 393 g/mol. The van der Waals surface area contributed by atoms with E-state index >= 15 is 0 Å². The maximum Gasteiger partial charge on any atom is 0.274 e. The number of nitrogens with zero attached hydrogens (tertiary/aromatic N) is 3. The molecule has 0 spiro atoms. The van der Waals surface area contributed by atoms with Gasteiger partial charge in [-0.15, -0.1) is 0 Å². The molecule has 1 aromatic heterocycles. The number of aromatic nitrogens is 1. The van der Waals surface area contributed by atoms with Crippen LogP contribution in [0.4, 0.5) is 5.69 Å². The van der Waals surface area contributed by atoms with Crippen LogP contribution in [-0.2, 0) is 5.54 Å². The maximum atomic E-state index is 12.5. The number of carbonyl (C=O) groups is 1. The normalized spacial score (nSPS) is 23.1. The van der Waals surface area contributed by atoms with Crippen molar-refractivity contribution in [1.29, 1.82) is 5.26 Å². The molecule has 2 atom stereocenters. The molecule has 3 heterocycles. The number of nitrogens with two attached hydrogens (primary N) is 1. The van der Waals surface area contributed by atoms with Gasteiger partial charge >= 0.3 is 0 Å². The smallest absolute Gasteiger partial charge is 0.274 e. The molecule has 1 aromatic carbocycles. The van der Waals surface area contributed by atoms with Gasteiger partial charge in [-0.2, -0.15) is 5.26 Å². The summed E-state index contributed by atoms with van der Waals surface area (Å²) in [5.41, 5.74) is 7.73. The Bertz CT molecular complexity index is 999. The van der Waals surface area contributed by atoms with Gasteiger partial charge in [-0.05, 0) is 43.7 Å². The highest BCUT2D eigenvalue weighted by Gasteiger charge is 2.42. The topological polar surface area (TPSA) is 113 Å². The van der Waals surface area contributed by atoms with Gasteiger partial charge in [-0.1, -0.05) is 11.8 Å². The number of nitriles is 1. The van der Waals surface area contributed by atoms with E-state index in [9.17, 15) is 4.79 Å². The summed E-state index contributed by atoms with van der Waals surface area (Å²) in [6, 6.07) is 10.6. The summed E-state index contributed by atoms with van der Waals surface area (Å²) in [6.45, 7) is 2.70. The number of rotatable bonds is 2. The number of fused-ring (bicyclic) bond motifs is 3. The van der Waals surface area contributed by atoms with Crippen molar-refractivity contribution in [2.24, 2.45) is 16.6 Å². The second kappa shape index (κ2) is 7.17. The van der Waals surface area contributed by atoms with Crippen LogP contribution < -0.4 is 15.8 Å². The standard InChI is InChI=1S/C20H19N5O2S/c1-20-13(11-28-19(22)25-20)6-7-27-17-5-3-14(8-15(17)20)24-18(26)16-4-2-12(9-21)10-23-16/h2-5,8,10,13H,6-7,11H2,1H3,(H2,22,25)(H,24,26). The Hall–Kier alpha value is -3.05. The zero-order chi connectivity index (χ0) is 19.7. The van der Waals surface area contributed by atoms with Crippen LogP contribution >= 0.6 is 11.8 Å². The number of benzene rings is 1. The number of hydrogen-bond acceptors (Lipinski definition) is 7. The maximum absolute atomic E-state index is 12.5. The average Bonchev–Trinajstić information content (AvgIpc) is 2.84. The van der Waals surface area contributed by atoms with Crippen LogP contribution in [0.5, 0.6) is 5.75 Å². The minimum atomic E-state index is -0.491. The molecule has 3 N–H and O–H groups in total. The lowest BCUT2D eigenvalue weighted by molar-refractivity contribution is 0.102. The first-order chi connectivity index (χ1) is 13.5. The molecule has 0 fully saturated rings. The summed E-state index contributed by atoms with van der Waals surface area (Å²) in [5.74, 6) is 1.61. The molecule has 0 saturated heterocycles. The lowest BCUT2D eigenvalue weighted by Gasteiger charge is -2.36. The Morgan fingerprint density at radius 2 is 2.29 bits per heavy atom. The number of nitrogens with one attached hydrogen (secondary N) is 1. The number of pyridine rings is 1. The van der Waals surface area contributed by atoms with E-state index in [1.165, 1.54) is 12.3 Å². The second-order valence-electron chi connectivity index (χ2n) is 6.95. The predicted molar refractivity (Wildman–Crippen MR) is 108 cm³/mol. The van der Waals surface area contributed by atoms with Crippen LogP contribution in [0.2, 0.25) is 0 Å². The van der Waals surface area contributed by atoms with Gasteiger partial charge in [0.2, 0.25) is 0 Å². The first kappa shape index (κ1) is 18.3. The molecule has 142 valence electrons. The Balaban J connectivity index is 1.66.